The van der Waals surface area contributed by atoms with Crippen LogP contribution in [-0.4, -0.2) is 27.5 Å². The number of hydrogen-bond donors (Lipinski definition) is 2. The summed E-state index contributed by atoms with van der Waals surface area (Å²) in [6.07, 6.45) is 4.05. The first-order valence-corrected chi connectivity index (χ1v) is 9.58. The number of aromatic nitrogens is 3. The summed E-state index contributed by atoms with van der Waals surface area (Å²) >= 11 is 0. The molecule has 1 aliphatic rings. The summed E-state index contributed by atoms with van der Waals surface area (Å²) in [4.78, 5) is 25.4. The smallest absolute Gasteiger partial charge is 0.270 e. The minimum Gasteiger partial charge on any atom is -0.463 e. The molecule has 0 unspecified atom stereocenters. The van der Waals surface area contributed by atoms with Crippen LogP contribution in [0.3, 0.4) is 0 Å². The summed E-state index contributed by atoms with van der Waals surface area (Å²) in [5.74, 6) is 0.881. The highest BCUT2D eigenvalue weighted by Crippen LogP contribution is 2.29. The van der Waals surface area contributed by atoms with Crippen LogP contribution in [-0.2, 0) is 17.9 Å². The van der Waals surface area contributed by atoms with E-state index in [0.29, 0.717) is 24.0 Å². The van der Waals surface area contributed by atoms with Crippen LogP contribution in [0.15, 0.2) is 41.0 Å². The third kappa shape index (κ3) is 4.97. The normalized spacial score (nSPS) is 13.4. The van der Waals surface area contributed by atoms with Crippen molar-refractivity contribution >= 4 is 11.9 Å². The van der Waals surface area contributed by atoms with Crippen LogP contribution in [0.25, 0.3) is 11.5 Å². The topological polar surface area (TPSA) is 116 Å². The Balaban J connectivity index is 1.41. The largest absolute Gasteiger partial charge is 0.463 e. The molecule has 4 rings (SSSR count). The number of ether oxygens (including phenoxy) is 1. The van der Waals surface area contributed by atoms with E-state index in [1.807, 2.05) is 19.1 Å². The predicted octanol–water partition coefficient (Wildman–Crippen LogP) is 2.88. The number of carbonyl (C=O) groups excluding carboxylic acids is 1. The summed E-state index contributed by atoms with van der Waals surface area (Å²) < 4.78 is 11.0. The van der Waals surface area contributed by atoms with E-state index >= 15 is 0 Å². The molecule has 0 saturated heterocycles. The highest BCUT2D eigenvalue weighted by molar-refractivity contribution is 5.93. The Hall–Kier alpha value is -3.26. The number of hydrogen-bond acceptors (Lipinski definition) is 7. The molecule has 1 fully saturated rings. The lowest BCUT2D eigenvalue weighted by Gasteiger charge is -2.10. The number of pyridine rings is 1. The monoisotopic (exact) mass is 393 g/mol. The zero-order valence-corrected chi connectivity index (χ0v) is 16.2. The van der Waals surface area contributed by atoms with Crippen LogP contribution in [0.2, 0.25) is 0 Å². The van der Waals surface area contributed by atoms with E-state index in [2.05, 4.69) is 20.3 Å². The molecule has 8 heteroatoms. The molecule has 1 amide bonds. The number of carbonyl (C=O) groups is 1. The van der Waals surface area contributed by atoms with Crippen molar-refractivity contribution in [1.29, 1.82) is 0 Å². The number of nitrogens with zero attached hydrogens (tertiary/aromatic N) is 3. The van der Waals surface area contributed by atoms with Crippen LogP contribution in [0.1, 0.15) is 40.3 Å². The molecule has 0 aliphatic heterocycles. The second kappa shape index (κ2) is 8.40. The van der Waals surface area contributed by atoms with Gasteiger partial charge in [0.25, 0.3) is 5.91 Å². The fourth-order valence-electron chi connectivity index (χ4n) is 2.88. The van der Waals surface area contributed by atoms with Gasteiger partial charge in [-0.15, -0.1) is 0 Å². The molecule has 0 radical (unpaired) electrons. The van der Waals surface area contributed by atoms with E-state index < -0.39 is 0 Å². The molecule has 3 aromatic heterocycles. The van der Waals surface area contributed by atoms with Gasteiger partial charge in [0.05, 0.1) is 30.8 Å². The molecular weight excluding hydrogens is 370 g/mol. The number of furan rings is 1. The van der Waals surface area contributed by atoms with Crippen molar-refractivity contribution in [3.63, 3.8) is 0 Å². The first-order valence-electron chi connectivity index (χ1n) is 9.58. The standard InChI is InChI=1S/C21H23N5O3/c1-13-4-7-15(12-28-11-14-5-6-14)24-18(13)10-23-20(27)17-9-16(25-21(22)26-17)19-3-2-8-29-19/h2-4,7-9,14H,5-6,10-12H2,1H3,(H,23,27)(H2,22,25,26). The lowest BCUT2D eigenvalue weighted by Crippen LogP contribution is -2.25. The molecule has 150 valence electrons. The summed E-state index contributed by atoms with van der Waals surface area (Å²) in [7, 11) is 0. The Morgan fingerprint density at radius 3 is 2.90 bits per heavy atom. The zero-order valence-electron chi connectivity index (χ0n) is 16.2. The number of amides is 1. The van der Waals surface area contributed by atoms with Crippen LogP contribution in [0.5, 0.6) is 0 Å². The van der Waals surface area contributed by atoms with Crippen LogP contribution < -0.4 is 11.1 Å². The van der Waals surface area contributed by atoms with Gasteiger partial charge < -0.3 is 20.2 Å². The Morgan fingerprint density at radius 2 is 2.14 bits per heavy atom. The molecule has 0 bridgehead atoms. The van der Waals surface area contributed by atoms with Crippen LogP contribution in [0, 0.1) is 12.8 Å². The van der Waals surface area contributed by atoms with Gasteiger partial charge in [-0.25, -0.2) is 9.97 Å². The Morgan fingerprint density at radius 1 is 1.28 bits per heavy atom. The SMILES string of the molecule is Cc1ccc(COCC2CC2)nc1CNC(=O)c1cc(-c2ccco2)nc(N)n1. The van der Waals surface area contributed by atoms with Crippen molar-refractivity contribution in [3.8, 4) is 11.5 Å². The first kappa shape index (κ1) is 19.1. The molecule has 3 aromatic rings. The van der Waals surface area contributed by atoms with Gasteiger partial charge in [-0.2, -0.15) is 0 Å². The average Bonchev–Trinajstić information content (AvgIpc) is 3.37. The number of anilines is 1. The van der Waals surface area contributed by atoms with Gasteiger partial charge in [-0.1, -0.05) is 6.07 Å². The first-order chi connectivity index (χ1) is 14.1. The zero-order chi connectivity index (χ0) is 20.2. The minimum atomic E-state index is -0.358. The molecule has 1 aliphatic carbocycles. The van der Waals surface area contributed by atoms with E-state index in [-0.39, 0.29) is 24.1 Å². The van der Waals surface area contributed by atoms with E-state index in [9.17, 15) is 4.79 Å². The molecule has 8 nitrogen and oxygen atoms in total. The van der Waals surface area contributed by atoms with Gasteiger partial charge >= 0.3 is 0 Å². The predicted molar refractivity (Wildman–Crippen MR) is 107 cm³/mol. The minimum absolute atomic E-state index is 0.00756. The van der Waals surface area contributed by atoms with Crippen molar-refractivity contribution in [2.75, 3.05) is 12.3 Å². The maximum atomic E-state index is 12.6. The maximum absolute atomic E-state index is 12.6. The Bertz CT molecular complexity index is 1000. The van der Waals surface area contributed by atoms with Crippen molar-refractivity contribution in [1.82, 2.24) is 20.3 Å². The second-order valence-electron chi connectivity index (χ2n) is 7.18. The Kier molecular flexibility index (Phi) is 5.53. The van der Waals surface area contributed by atoms with E-state index in [4.69, 9.17) is 14.9 Å². The fourth-order valence-corrected chi connectivity index (χ4v) is 2.88. The Labute approximate surface area is 168 Å². The molecule has 0 spiro atoms. The van der Waals surface area contributed by atoms with E-state index in [0.717, 1.165) is 23.6 Å². The van der Waals surface area contributed by atoms with Gasteiger partial charge in [0.2, 0.25) is 5.95 Å². The highest BCUT2D eigenvalue weighted by atomic mass is 16.5. The number of nitrogen functional groups attached to an aromatic ring is 1. The van der Waals surface area contributed by atoms with Gasteiger partial charge in [0.15, 0.2) is 5.76 Å². The third-order valence-corrected chi connectivity index (χ3v) is 4.73. The number of nitrogens with two attached hydrogens (primary N) is 1. The average molecular weight is 393 g/mol. The molecule has 3 heterocycles. The van der Waals surface area contributed by atoms with Gasteiger partial charge in [-0.3, -0.25) is 9.78 Å². The highest BCUT2D eigenvalue weighted by Gasteiger charge is 2.21. The fraction of sp³-hybridized carbons (Fsp3) is 0.333. The van der Waals surface area contributed by atoms with Crippen molar-refractivity contribution in [3.05, 3.63) is 59.2 Å². The van der Waals surface area contributed by atoms with E-state index in [1.54, 1.807) is 18.2 Å². The van der Waals surface area contributed by atoms with Crippen molar-refractivity contribution < 1.29 is 13.9 Å². The molecule has 0 aromatic carbocycles. The summed E-state index contributed by atoms with van der Waals surface area (Å²) in [5, 5.41) is 2.85. The summed E-state index contributed by atoms with van der Waals surface area (Å²) in [5.41, 5.74) is 9.02. The lowest BCUT2D eigenvalue weighted by atomic mass is 10.2. The van der Waals surface area contributed by atoms with Gasteiger partial charge in [-0.05, 0) is 55.5 Å². The number of rotatable bonds is 8. The third-order valence-electron chi connectivity index (χ3n) is 4.73. The molecule has 0 atom stereocenters. The van der Waals surface area contributed by atoms with Crippen molar-refractivity contribution in [2.24, 2.45) is 5.92 Å². The lowest BCUT2D eigenvalue weighted by molar-refractivity contribution is 0.0945. The van der Waals surface area contributed by atoms with Gasteiger partial charge in [0, 0.05) is 6.61 Å². The summed E-state index contributed by atoms with van der Waals surface area (Å²) in [6.45, 7) is 3.50. The van der Waals surface area contributed by atoms with Crippen molar-refractivity contribution in [2.45, 2.75) is 32.9 Å². The van der Waals surface area contributed by atoms with Gasteiger partial charge in [0.1, 0.15) is 11.4 Å². The maximum Gasteiger partial charge on any atom is 0.270 e. The molecule has 3 N–H and O–H groups in total. The number of nitrogens with one attached hydrogen (secondary N) is 1. The van der Waals surface area contributed by atoms with E-state index in [1.165, 1.54) is 19.1 Å². The molecule has 29 heavy (non-hydrogen) atoms. The number of aryl methyl sites for hydroxylation is 1. The molecule has 1 saturated carbocycles. The van der Waals surface area contributed by atoms with Crippen LogP contribution in [0.4, 0.5) is 5.95 Å². The molecular formula is C21H23N5O3. The summed E-state index contributed by atoms with van der Waals surface area (Å²) in [6, 6.07) is 8.97. The van der Waals surface area contributed by atoms with Crippen LogP contribution >= 0.6 is 0 Å². The quantitative estimate of drug-likeness (QED) is 0.604. The second-order valence-corrected chi connectivity index (χ2v) is 7.18.